The molecular formula is C12H15ClN4O2. The Morgan fingerprint density at radius 3 is 2.68 bits per heavy atom. The summed E-state index contributed by atoms with van der Waals surface area (Å²) in [7, 11) is 3.66. The molecule has 102 valence electrons. The lowest BCUT2D eigenvalue weighted by atomic mass is 10.0. The molecule has 0 unspecified atom stereocenters. The molecule has 0 aliphatic heterocycles. The van der Waals surface area contributed by atoms with E-state index < -0.39 is 0 Å². The number of aromatic nitrogens is 2. The van der Waals surface area contributed by atoms with E-state index in [0.717, 1.165) is 16.8 Å². The van der Waals surface area contributed by atoms with Crippen molar-refractivity contribution in [3.05, 3.63) is 46.1 Å². The number of rotatable bonds is 4. The fourth-order valence-corrected chi connectivity index (χ4v) is 1.92. The van der Waals surface area contributed by atoms with Crippen LogP contribution in [0.15, 0.2) is 30.5 Å². The Morgan fingerprint density at radius 2 is 2.16 bits per heavy atom. The number of aryl methyl sites for hydroxylation is 1. The summed E-state index contributed by atoms with van der Waals surface area (Å²) < 4.78 is 1.75. The van der Waals surface area contributed by atoms with Gasteiger partial charge in [-0.3, -0.25) is 14.8 Å². The van der Waals surface area contributed by atoms with Gasteiger partial charge in [0.05, 0.1) is 10.6 Å². The molecule has 7 heteroatoms. The summed E-state index contributed by atoms with van der Waals surface area (Å²) in [6, 6.07) is 6.77. The van der Waals surface area contributed by atoms with Gasteiger partial charge in [-0.25, -0.2) is 0 Å². The molecule has 0 radical (unpaired) electrons. The zero-order chi connectivity index (χ0) is 13.1. The predicted octanol–water partition coefficient (Wildman–Crippen LogP) is 2.14. The fourth-order valence-electron chi connectivity index (χ4n) is 1.92. The number of benzene rings is 1. The highest BCUT2D eigenvalue weighted by atomic mass is 35.5. The van der Waals surface area contributed by atoms with Gasteiger partial charge >= 0.3 is 0 Å². The van der Waals surface area contributed by atoms with Gasteiger partial charge in [-0.2, -0.15) is 5.10 Å². The van der Waals surface area contributed by atoms with Crippen LogP contribution in [0.3, 0.4) is 0 Å². The van der Waals surface area contributed by atoms with Crippen LogP contribution in [0, 0.1) is 10.1 Å². The lowest BCUT2D eigenvalue weighted by molar-refractivity contribution is -0.384. The number of nitrogens with one attached hydrogen (secondary N) is 1. The van der Waals surface area contributed by atoms with Crippen molar-refractivity contribution in [3.8, 4) is 11.3 Å². The molecule has 6 nitrogen and oxygen atoms in total. The molecule has 0 spiro atoms. The molecule has 0 aliphatic rings. The van der Waals surface area contributed by atoms with E-state index in [1.54, 1.807) is 23.0 Å². The standard InChI is InChI=1S/C12H14N4O2.ClH/c1-13-8-9-7-10(16(17)18)3-4-11(9)12-5-6-14-15(12)2;/h3-7,13H,8H2,1-2H3;1H. The number of hydrogen-bond acceptors (Lipinski definition) is 4. The number of non-ortho nitro benzene ring substituents is 1. The Kier molecular flexibility index (Phi) is 5.02. The molecule has 1 aromatic heterocycles. The molecule has 0 atom stereocenters. The average molecular weight is 283 g/mol. The van der Waals surface area contributed by atoms with E-state index in [2.05, 4.69) is 10.4 Å². The molecule has 0 bridgehead atoms. The molecule has 19 heavy (non-hydrogen) atoms. The van der Waals surface area contributed by atoms with E-state index in [1.165, 1.54) is 6.07 Å². The molecule has 0 amide bonds. The van der Waals surface area contributed by atoms with Gasteiger partial charge in [0, 0.05) is 37.5 Å². The van der Waals surface area contributed by atoms with Crippen molar-refractivity contribution < 1.29 is 4.92 Å². The van der Waals surface area contributed by atoms with Crippen molar-refractivity contribution in [2.45, 2.75) is 6.54 Å². The van der Waals surface area contributed by atoms with Crippen LogP contribution in [0.4, 0.5) is 5.69 Å². The minimum atomic E-state index is -0.383. The molecule has 2 aromatic rings. The van der Waals surface area contributed by atoms with Crippen LogP contribution < -0.4 is 5.32 Å². The Balaban J connectivity index is 0.00000180. The van der Waals surface area contributed by atoms with Crippen molar-refractivity contribution >= 4 is 18.1 Å². The van der Waals surface area contributed by atoms with Crippen molar-refractivity contribution in [2.24, 2.45) is 7.05 Å². The van der Waals surface area contributed by atoms with E-state index in [4.69, 9.17) is 0 Å². The summed E-state index contributed by atoms with van der Waals surface area (Å²) in [5.74, 6) is 0. The third kappa shape index (κ3) is 3.10. The number of nitro benzene ring substituents is 1. The summed E-state index contributed by atoms with van der Waals surface area (Å²) in [5.41, 5.74) is 2.88. The Labute approximate surface area is 117 Å². The molecule has 0 saturated heterocycles. The Morgan fingerprint density at radius 1 is 1.42 bits per heavy atom. The normalized spacial score (nSPS) is 10.0. The monoisotopic (exact) mass is 282 g/mol. The number of halogens is 1. The summed E-state index contributed by atoms with van der Waals surface area (Å²) in [6.45, 7) is 0.572. The van der Waals surface area contributed by atoms with E-state index in [-0.39, 0.29) is 23.0 Å². The topological polar surface area (TPSA) is 73.0 Å². The first-order valence-electron chi connectivity index (χ1n) is 5.53. The second-order valence-corrected chi connectivity index (χ2v) is 3.97. The van der Waals surface area contributed by atoms with Gasteiger partial charge in [0.15, 0.2) is 0 Å². The van der Waals surface area contributed by atoms with Crippen molar-refractivity contribution in [3.63, 3.8) is 0 Å². The first-order valence-corrected chi connectivity index (χ1v) is 5.53. The average Bonchev–Trinajstić information content (AvgIpc) is 2.75. The number of nitrogens with zero attached hydrogens (tertiary/aromatic N) is 3. The van der Waals surface area contributed by atoms with E-state index in [9.17, 15) is 10.1 Å². The maximum atomic E-state index is 10.8. The SMILES string of the molecule is CNCc1cc([N+](=O)[O-])ccc1-c1ccnn1C.Cl. The van der Waals surface area contributed by atoms with Gasteiger partial charge in [0.25, 0.3) is 5.69 Å². The zero-order valence-corrected chi connectivity index (χ0v) is 11.5. The van der Waals surface area contributed by atoms with Crippen LogP contribution in [0.25, 0.3) is 11.3 Å². The zero-order valence-electron chi connectivity index (χ0n) is 10.7. The minimum Gasteiger partial charge on any atom is -0.316 e. The highest BCUT2D eigenvalue weighted by molar-refractivity contribution is 5.85. The summed E-state index contributed by atoms with van der Waals surface area (Å²) in [5, 5.41) is 17.9. The van der Waals surface area contributed by atoms with Crippen LogP contribution in [0.1, 0.15) is 5.56 Å². The molecule has 1 aromatic carbocycles. The van der Waals surface area contributed by atoms with Gasteiger partial charge in [-0.15, -0.1) is 12.4 Å². The van der Waals surface area contributed by atoms with Crippen LogP contribution in [-0.2, 0) is 13.6 Å². The second-order valence-electron chi connectivity index (χ2n) is 3.97. The van der Waals surface area contributed by atoms with Crippen LogP contribution in [-0.4, -0.2) is 21.8 Å². The molecule has 0 saturated carbocycles. The minimum absolute atomic E-state index is 0. The smallest absolute Gasteiger partial charge is 0.269 e. The molecule has 0 fully saturated rings. The molecule has 2 rings (SSSR count). The van der Waals surface area contributed by atoms with E-state index >= 15 is 0 Å². The molecule has 0 aliphatic carbocycles. The van der Waals surface area contributed by atoms with Crippen molar-refractivity contribution in [2.75, 3.05) is 7.05 Å². The highest BCUT2D eigenvalue weighted by Crippen LogP contribution is 2.26. The fraction of sp³-hybridized carbons (Fsp3) is 0.250. The molecular weight excluding hydrogens is 268 g/mol. The van der Waals surface area contributed by atoms with Crippen LogP contribution >= 0.6 is 12.4 Å². The predicted molar refractivity (Wildman–Crippen MR) is 75.3 cm³/mol. The number of nitro groups is 1. The van der Waals surface area contributed by atoms with Crippen molar-refractivity contribution in [1.29, 1.82) is 0 Å². The summed E-state index contributed by atoms with van der Waals surface area (Å²) >= 11 is 0. The van der Waals surface area contributed by atoms with Crippen molar-refractivity contribution in [1.82, 2.24) is 15.1 Å². The van der Waals surface area contributed by atoms with Gasteiger partial charge in [-0.05, 0) is 24.7 Å². The quantitative estimate of drug-likeness (QED) is 0.689. The first kappa shape index (κ1) is 15.1. The first-order chi connectivity index (χ1) is 8.63. The molecule has 1 heterocycles. The largest absolute Gasteiger partial charge is 0.316 e. The van der Waals surface area contributed by atoms with Gasteiger partial charge in [0.2, 0.25) is 0 Å². The maximum Gasteiger partial charge on any atom is 0.269 e. The number of hydrogen-bond donors (Lipinski definition) is 1. The summed E-state index contributed by atoms with van der Waals surface area (Å²) in [6.07, 6.45) is 1.71. The molecule has 1 N–H and O–H groups in total. The Bertz CT molecular complexity index is 583. The third-order valence-corrected chi connectivity index (χ3v) is 2.76. The maximum absolute atomic E-state index is 10.8. The van der Waals surface area contributed by atoms with E-state index in [1.807, 2.05) is 20.2 Å². The second kappa shape index (κ2) is 6.31. The van der Waals surface area contributed by atoms with Gasteiger partial charge in [-0.1, -0.05) is 0 Å². The van der Waals surface area contributed by atoms with Crippen LogP contribution in [0.2, 0.25) is 0 Å². The third-order valence-electron chi connectivity index (χ3n) is 2.76. The highest BCUT2D eigenvalue weighted by Gasteiger charge is 2.13. The lowest BCUT2D eigenvalue weighted by Gasteiger charge is -2.09. The van der Waals surface area contributed by atoms with Gasteiger partial charge in [0.1, 0.15) is 0 Å². The van der Waals surface area contributed by atoms with Crippen LogP contribution in [0.5, 0.6) is 0 Å². The van der Waals surface area contributed by atoms with E-state index in [0.29, 0.717) is 6.54 Å². The Hall–Kier alpha value is -1.92. The summed E-state index contributed by atoms with van der Waals surface area (Å²) in [4.78, 5) is 10.4. The van der Waals surface area contributed by atoms with Gasteiger partial charge < -0.3 is 5.32 Å². The lowest BCUT2D eigenvalue weighted by Crippen LogP contribution is -2.08.